The van der Waals surface area contributed by atoms with Crippen LogP contribution in [0, 0.1) is 5.41 Å². The first-order valence-corrected chi connectivity index (χ1v) is 5.82. The predicted octanol–water partition coefficient (Wildman–Crippen LogP) is 1.77. The van der Waals surface area contributed by atoms with Gasteiger partial charge in [-0.3, -0.25) is 4.79 Å². The molecule has 0 unspecified atom stereocenters. The fourth-order valence-electron chi connectivity index (χ4n) is 2.31. The molecule has 84 valence electrons. The molecular weight excluding hydrogens is 190 g/mol. The molecule has 1 heterocycles. The number of carbonyl (C=O) groups is 1. The van der Waals surface area contributed by atoms with Crippen LogP contribution in [0.25, 0.3) is 0 Å². The van der Waals surface area contributed by atoms with Gasteiger partial charge in [-0.05, 0) is 43.7 Å². The summed E-state index contributed by atoms with van der Waals surface area (Å²) >= 11 is 0. The largest absolute Gasteiger partial charge is 0.490 e. The van der Waals surface area contributed by atoms with E-state index in [-0.39, 0.29) is 11.2 Å². The minimum Gasteiger partial charge on any atom is -0.490 e. The molecule has 1 aliphatic heterocycles. The van der Waals surface area contributed by atoms with Crippen LogP contribution in [-0.2, 0) is 9.53 Å². The van der Waals surface area contributed by atoms with Crippen molar-refractivity contribution >= 4 is 5.78 Å². The third-order valence-electron chi connectivity index (χ3n) is 3.59. The van der Waals surface area contributed by atoms with E-state index in [1.54, 1.807) is 0 Å². The van der Waals surface area contributed by atoms with Crippen molar-refractivity contribution in [2.75, 3.05) is 13.2 Å². The molecule has 0 radical (unpaired) electrons. The van der Waals surface area contributed by atoms with Crippen LogP contribution in [0.15, 0.2) is 11.8 Å². The lowest BCUT2D eigenvalue weighted by Crippen LogP contribution is -2.39. The Balaban J connectivity index is 1.93. The zero-order chi connectivity index (χ0) is 10.7. The highest BCUT2D eigenvalue weighted by Crippen LogP contribution is 2.43. The molecule has 0 aromatic carbocycles. The highest BCUT2D eigenvalue weighted by atomic mass is 16.5. The number of rotatable bonds is 4. The van der Waals surface area contributed by atoms with Crippen molar-refractivity contribution in [3.8, 4) is 0 Å². The third kappa shape index (κ3) is 2.23. The van der Waals surface area contributed by atoms with Gasteiger partial charge in [0.1, 0.15) is 0 Å². The van der Waals surface area contributed by atoms with Crippen molar-refractivity contribution in [1.82, 2.24) is 0 Å². The van der Waals surface area contributed by atoms with E-state index in [1.807, 2.05) is 6.08 Å². The molecule has 0 atom stereocenters. The van der Waals surface area contributed by atoms with Crippen LogP contribution >= 0.6 is 0 Å². The fourth-order valence-corrected chi connectivity index (χ4v) is 2.31. The van der Waals surface area contributed by atoms with Crippen molar-refractivity contribution in [3.05, 3.63) is 11.8 Å². The number of ketones is 1. The van der Waals surface area contributed by atoms with E-state index < -0.39 is 0 Å². The SMILES string of the molecule is NCC1(CC(=O)C2=CCCCO2)CCC1. The van der Waals surface area contributed by atoms with Crippen molar-refractivity contribution in [1.29, 1.82) is 0 Å². The average molecular weight is 209 g/mol. The van der Waals surface area contributed by atoms with Crippen molar-refractivity contribution in [2.45, 2.75) is 38.5 Å². The first kappa shape index (κ1) is 10.7. The molecule has 1 aliphatic carbocycles. The summed E-state index contributed by atoms with van der Waals surface area (Å²) in [4.78, 5) is 11.9. The minimum atomic E-state index is 0.0960. The molecule has 3 nitrogen and oxygen atoms in total. The highest BCUT2D eigenvalue weighted by Gasteiger charge is 2.38. The zero-order valence-electron chi connectivity index (χ0n) is 9.13. The molecule has 0 amide bonds. The van der Waals surface area contributed by atoms with Gasteiger partial charge in [0.15, 0.2) is 11.5 Å². The van der Waals surface area contributed by atoms with Crippen LogP contribution in [0.3, 0.4) is 0 Å². The van der Waals surface area contributed by atoms with E-state index in [1.165, 1.54) is 6.42 Å². The Kier molecular flexibility index (Phi) is 3.10. The zero-order valence-corrected chi connectivity index (χ0v) is 9.13. The highest BCUT2D eigenvalue weighted by molar-refractivity contribution is 5.94. The number of ether oxygens (including phenoxy) is 1. The standard InChI is InChI=1S/C12H19NO2/c13-9-12(5-3-6-12)8-10(14)11-4-1-2-7-15-11/h4H,1-3,5-9,13H2. The maximum atomic E-state index is 11.9. The number of hydrogen-bond acceptors (Lipinski definition) is 3. The van der Waals surface area contributed by atoms with Gasteiger partial charge in [0, 0.05) is 6.42 Å². The predicted molar refractivity (Wildman–Crippen MR) is 58.2 cm³/mol. The molecule has 0 saturated heterocycles. The number of Topliss-reactive ketones (excluding diaryl/α,β-unsaturated/α-hetero) is 1. The molecule has 2 N–H and O–H groups in total. The summed E-state index contributed by atoms with van der Waals surface area (Å²) in [6.07, 6.45) is 7.91. The summed E-state index contributed by atoms with van der Waals surface area (Å²) in [5.41, 5.74) is 5.83. The Bertz CT molecular complexity index is 274. The molecule has 2 rings (SSSR count). The average Bonchev–Trinajstić information content (AvgIpc) is 2.24. The summed E-state index contributed by atoms with van der Waals surface area (Å²) in [5.74, 6) is 0.737. The number of carbonyl (C=O) groups excluding carboxylic acids is 1. The fraction of sp³-hybridized carbons (Fsp3) is 0.750. The van der Waals surface area contributed by atoms with E-state index >= 15 is 0 Å². The van der Waals surface area contributed by atoms with E-state index in [0.29, 0.717) is 25.3 Å². The van der Waals surface area contributed by atoms with Crippen LogP contribution in [0.2, 0.25) is 0 Å². The molecule has 1 fully saturated rings. The van der Waals surface area contributed by atoms with Crippen molar-refractivity contribution < 1.29 is 9.53 Å². The summed E-state index contributed by atoms with van der Waals surface area (Å²) < 4.78 is 5.37. The van der Waals surface area contributed by atoms with Gasteiger partial charge < -0.3 is 10.5 Å². The van der Waals surface area contributed by atoms with Crippen molar-refractivity contribution in [3.63, 3.8) is 0 Å². The second kappa shape index (κ2) is 4.35. The Morgan fingerprint density at radius 2 is 2.27 bits per heavy atom. The van der Waals surface area contributed by atoms with Crippen LogP contribution in [0.5, 0.6) is 0 Å². The number of allylic oxidation sites excluding steroid dienone is 2. The Labute approximate surface area is 90.7 Å². The quantitative estimate of drug-likeness (QED) is 0.767. The monoisotopic (exact) mass is 209 g/mol. The summed E-state index contributed by atoms with van der Waals surface area (Å²) in [6, 6.07) is 0. The van der Waals surface area contributed by atoms with Crippen LogP contribution in [-0.4, -0.2) is 18.9 Å². The Morgan fingerprint density at radius 1 is 1.47 bits per heavy atom. The minimum absolute atomic E-state index is 0.0960. The lowest BCUT2D eigenvalue weighted by Gasteiger charge is -2.40. The van der Waals surface area contributed by atoms with E-state index in [0.717, 1.165) is 25.7 Å². The lowest BCUT2D eigenvalue weighted by atomic mass is 9.66. The van der Waals surface area contributed by atoms with Gasteiger partial charge in [-0.1, -0.05) is 6.42 Å². The third-order valence-corrected chi connectivity index (χ3v) is 3.59. The molecule has 0 spiro atoms. The number of nitrogens with two attached hydrogens (primary N) is 1. The van der Waals surface area contributed by atoms with E-state index in [2.05, 4.69) is 0 Å². The topological polar surface area (TPSA) is 52.3 Å². The van der Waals surface area contributed by atoms with E-state index in [9.17, 15) is 4.79 Å². The molecule has 15 heavy (non-hydrogen) atoms. The maximum Gasteiger partial charge on any atom is 0.197 e. The van der Waals surface area contributed by atoms with Crippen LogP contribution < -0.4 is 5.73 Å². The van der Waals surface area contributed by atoms with Crippen LogP contribution in [0.1, 0.15) is 38.5 Å². The van der Waals surface area contributed by atoms with Gasteiger partial charge in [-0.25, -0.2) is 0 Å². The van der Waals surface area contributed by atoms with Gasteiger partial charge in [0.2, 0.25) is 0 Å². The summed E-state index contributed by atoms with van der Waals surface area (Å²) in [7, 11) is 0. The van der Waals surface area contributed by atoms with Crippen molar-refractivity contribution in [2.24, 2.45) is 11.1 Å². The molecule has 0 aromatic heterocycles. The van der Waals surface area contributed by atoms with Gasteiger partial charge >= 0.3 is 0 Å². The van der Waals surface area contributed by atoms with Gasteiger partial charge in [0.25, 0.3) is 0 Å². The van der Waals surface area contributed by atoms with Gasteiger partial charge in [-0.2, -0.15) is 0 Å². The first-order chi connectivity index (χ1) is 7.26. The number of hydrogen-bond donors (Lipinski definition) is 1. The second-order valence-electron chi connectivity index (χ2n) is 4.72. The summed E-state index contributed by atoms with van der Waals surface area (Å²) in [6.45, 7) is 1.32. The first-order valence-electron chi connectivity index (χ1n) is 5.82. The summed E-state index contributed by atoms with van der Waals surface area (Å²) in [5, 5.41) is 0. The molecule has 0 bridgehead atoms. The second-order valence-corrected chi connectivity index (χ2v) is 4.72. The van der Waals surface area contributed by atoms with Gasteiger partial charge in [0.05, 0.1) is 6.61 Å². The molecule has 0 aromatic rings. The maximum absolute atomic E-state index is 11.9. The van der Waals surface area contributed by atoms with Gasteiger partial charge in [-0.15, -0.1) is 0 Å². The molecule has 2 aliphatic rings. The Morgan fingerprint density at radius 3 is 2.73 bits per heavy atom. The Hall–Kier alpha value is -0.830. The molecule has 3 heteroatoms. The van der Waals surface area contributed by atoms with Crippen LogP contribution in [0.4, 0.5) is 0 Å². The normalized spacial score (nSPS) is 23.7. The molecular formula is C12H19NO2. The smallest absolute Gasteiger partial charge is 0.197 e. The molecule has 1 saturated carbocycles. The lowest BCUT2D eigenvalue weighted by molar-refractivity contribution is -0.122. The van der Waals surface area contributed by atoms with E-state index in [4.69, 9.17) is 10.5 Å².